The molecule has 0 amide bonds. The maximum atomic E-state index is 14.1. The van der Waals surface area contributed by atoms with Gasteiger partial charge in [0.2, 0.25) is 0 Å². The van der Waals surface area contributed by atoms with Crippen LogP contribution >= 0.6 is 27.7 Å². The van der Waals surface area contributed by atoms with E-state index in [4.69, 9.17) is 9.47 Å². The molecule has 0 radical (unpaired) electrons. The average molecular weight is 381 g/mol. The molecule has 7 heteroatoms. The molecule has 0 heterocycles. The Bertz CT molecular complexity index is 516. The van der Waals surface area contributed by atoms with Gasteiger partial charge in [-0.1, -0.05) is 15.9 Å². The molecular weight excluding hydrogens is 363 g/mol. The molecule has 0 aliphatic rings. The van der Waals surface area contributed by atoms with Gasteiger partial charge in [0, 0.05) is 22.2 Å². The van der Waals surface area contributed by atoms with Gasteiger partial charge in [0.25, 0.3) is 0 Å². The van der Waals surface area contributed by atoms with Crippen molar-refractivity contribution >= 4 is 33.7 Å². The Labute approximate surface area is 136 Å². The van der Waals surface area contributed by atoms with Crippen LogP contribution in [-0.2, 0) is 9.47 Å². The van der Waals surface area contributed by atoms with E-state index < -0.39 is 23.7 Å². The Balaban J connectivity index is 3.08. The molecule has 0 saturated heterocycles. The summed E-state index contributed by atoms with van der Waals surface area (Å²) in [5, 5.41) is 9.41. The van der Waals surface area contributed by atoms with Crippen molar-refractivity contribution in [3.05, 3.63) is 28.0 Å². The second-order valence-electron chi connectivity index (χ2n) is 5.26. The van der Waals surface area contributed by atoms with Gasteiger partial charge in [0.1, 0.15) is 17.0 Å². The summed E-state index contributed by atoms with van der Waals surface area (Å²) in [6.45, 7) is 5.13. The number of methoxy groups -OCH3 is 1. The molecule has 4 nitrogen and oxygen atoms in total. The highest BCUT2D eigenvalue weighted by Gasteiger charge is 2.25. The van der Waals surface area contributed by atoms with Crippen molar-refractivity contribution in [1.82, 2.24) is 0 Å². The van der Waals surface area contributed by atoms with E-state index in [-0.39, 0.29) is 11.3 Å². The van der Waals surface area contributed by atoms with Crippen molar-refractivity contribution in [1.29, 1.82) is 0 Å². The van der Waals surface area contributed by atoms with Gasteiger partial charge in [-0.3, -0.25) is 0 Å². The summed E-state index contributed by atoms with van der Waals surface area (Å²) in [6, 6.07) is 2.81. The number of rotatable bonds is 5. The van der Waals surface area contributed by atoms with Gasteiger partial charge in [-0.05, 0) is 32.9 Å². The molecule has 21 heavy (non-hydrogen) atoms. The summed E-state index contributed by atoms with van der Waals surface area (Å²) < 4.78 is 24.5. The van der Waals surface area contributed by atoms with Crippen molar-refractivity contribution < 1.29 is 23.8 Å². The van der Waals surface area contributed by atoms with Crippen molar-refractivity contribution in [2.24, 2.45) is 0 Å². The zero-order chi connectivity index (χ0) is 16.2. The third-order valence-corrected chi connectivity index (χ3v) is 3.82. The predicted octanol–water partition coefficient (Wildman–Crippen LogP) is 3.60. The van der Waals surface area contributed by atoms with Crippen LogP contribution in [0.15, 0.2) is 21.5 Å². The standard InChI is InChI=1S/C14H18BrFO4S/c1-14(2,3)20-13(18)12-9(16)5-8(15)6-10(12)21-7-11(17)19-4/h5-6,11,17H,7H2,1-4H3. The number of thioether (sulfide) groups is 1. The van der Waals surface area contributed by atoms with Crippen LogP contribution in [0.3, 0.4) is 0 Å². The normalized spacial score (nSPS) is 13.1. The van der Waals surface area contributed by atoms with Crippen LogP contribution in [0, 0.1) is 5.82 Å². The van der Waals surface area contributed by atoms with Gasteiger partial charge in [-0.25, -0.2) is 9.18 Å². The van der Waals surface area contributed by atoms with E-state index in [0.29, 0.717) is 9.37 Å². The molecule has 0 fully saturated rings. The quantitative estimate of drug-likeness (QED) is 0.480. The maximum Gasteiger partial charge on any atom is 0.342 e. The predicted molar refractivity (Wildman–Crippen MR) is 83.0 cm³/mol. The first-order valence-electron chi connectivity index (χ1n) is 6.20. The van der Waals surface area contributed by atoms with Crippen molar-refractivity contribution in [3.63, 3.8) is 0 Å². The second-order valence-corrected chi connectivity index (χ2v) is 7.24. The summed E-state index contributed by atoms with van der Waals surface area (Å²) in [6.07, 6.45) is -0.997. The number of esters is 1. The van der Waals surface area contributed by atoms with Crippen LogP contribution in [-0.4, -0.2) is 35.8 Å². The molecule has 0 aliphatic heterocycles. The number of hydrogen-bond acceptors (Lipinski definition) is 5. The zero-order valence-electron chi connectivity index (χ0n) is 12.3. The summed E-state index contributed by atoms with van der Waals surface area (Å²) in [4.78, 5) is 12.5. The van der Waals surface area contributed by atoms with E-state index >= 15 is 0 Å². The third kappa shape index (κ3) is 5.94. The molecule has 1 N–H and O–H groups in total. The number of ether oxygens (including phenoxy) is 2. The smallest absolute Gasteiger partial charge is 0.342 e. The molecule has 0 aliphatic carbocycles. The van der Waals surface area contributed by atoms with E-state index in [1.165, 1.54) is 13.2 Å². The molecule has 1 unspecified atom stereocenters. The molecule has 1 rings (SSSR count). The second kappa shape index (κ2) is 7.58. The maximum absolute atomic E-state index is 14.1. The number of halogens is 2. The Hall–Kier alpha value is -0.630. The first-order chi connectivity index (χ1) is 9.64. The minimum Gasteiger partial charge on any atom is -0.456 e. The minimum atomic E-state index is -0.997. The summed E-state index contributed by atoms with van der Waals surface area (Å²) >= 11 is 4.30. The van der Waals surface area contributed by atoms with Gasteiger partial charge < -0.3 is 14.6 Å². The molecule has 1 aromatic rings. The summed E-state index contributed by atoms with van der Waals surface area (Å²) in [7, 11) is 1.36. The fourth-order valence-corrected chi connectivity index (χ4v) is 3.00. The van der Waals surface area contributed by atoms with Crippen LogP contribution in [0.2, 0.25) is 0 Å². The van der Waals surface area contributed by atoms with E-state index in [9.17, 15) is 14.3 Å². The highest BCUT2D eigenvalue weighted by Crippen LogP contribution is 2.31. The first-order valence-corrected chi connectivity index (χ1v) is 7.98. The lowest BCUT2D eigenvalue weighted by atomic mass is 10.1. The van der Waals surface area contributed by atoms with Crippen molar-refractivity contribution in [2.45, 2.75) is 37.6 Å². The number of aliphatic hydroxyl groups excluding tert-OH is 1. The lowest BCUT2D eigenvalue weighted by Crippen LogP contribution is -2.25. The monoisotopic (exact) mass is 380 g/mol. The Morgan fingerprint density at radius 3 is 2.62 bits per heavy atom. The molecule has 118 valence electrons. The van der Waals surface area contributed by atoms with E-state index in [0.717, 1.165) is 11.8 Å². The number of benzene rings is 1. The van der Waals surface area contributed by atoms with Crippen LogP contribution < -0.4 is 0 Å². The van der Waals surface area contributed by atoms with Gasteiger partial charge in [0.15, 0.2) is 6.29 Å². The van der Waals surface area contributed by atoms with Gasteiger partial charge in [-0.2, -0.15) is 0 Å². The summed E-state index contributed by atoms with van der Waals surface area (Å²) in [5.74, 6) is -1.24. The molecule has 1 atom stereocenters. The fraction of sp³-hybridized carbons (Fsp3) is 0.500. The van der Waals surface area contributed by atoms with Gasteiger partial charge in [-0.15, -0.1) is 11.8 Å². The molecule has 1 aromatic carbocycles. The van der Waals surface area contributed by atoms with E-state index in [1.54, 1.807) is 26.8 Å². The Morgan fingerprint density at radius 1 is 1.48 bits per heavy atom. The number of carbonyl (C=O) groups is 1. The Morgan fingerprint density at radius 2 is 2.10 bits per heavy atom. The number of hydrogen-bond donors (Lipinski definition) is 1. The topological polar surface area (TPSA) is 55.8 Å². The lowest BCUT2D eigenvalue weighted by molar-refractivity contribution is -0.0546. The average Bonchev–Trinajstić information content (AvgIpc) is 2.32. The van der Waals surface area contributed by atoms with Crippen molar-refractivity contribution in [3.8, 4) is 0 Å². The third-order valence-electron chi connectivity index (χ3n) is 2.28. The highest BCUT2D eigenvalue weighted by atomic mass is 79.9. The van der Waals surface area contributed by atoms with Crippen molar-refractivity contribution in [2.75, 3.05) is 12.9 Å². The van der Waals surface area contributed by atoms with Crippen LogP contribution in [0.1, 0.15) is 31.1 Å². The largest absolute Gasteiger partial charge is 0.456 e. The SMILES string of the molecule is COC(O)CSc1cc(Br)cc(F)c1C(=O)OC(C)(C)C. The molecule has 0 spiro atoms. The number of aliphatic hydroxyl groups is 1. The van der Waals surface area contributed by atoms with Crippen LogP contribution in [0.5, 0.6) is 0 Å². The number of carbonyl (C=O) groups excluding carboxylic acids is 1. The first kappa shape index (κ1) is 18.4. The van der Waals surface area contributed by atoms with Crippen LogP contribution in [0.25, 0.3) is 0 Å². The van der Waals surface area contributed by atoms with E-state index in [1.807, 2.05) is 0 Å². The zero-order valence-corrected chi connectivity index (χ0v) is 14.7. The molecule has 0 saturated carbocycles. The minimum absolute atomic E-state index is 0.138. The summed E-state index contributed by atoms with van der Waals surface area (Å²) in [5.41, 5.74) is -0.855. The Kier molecular flexibility index (Phi) is 6.65. The lowest BCUT2D eigenvalue weighted by Gasteiger charge is -2.21. The van der Waals surface area contributed by atoms with Gasteiger partial charge in [0.05, 0.1) is 0 Å². The van der Waals surface area contributed by atoms with Gasteiger partial charge >= 0.3 is 5.97 Å². The highest BCUT2D eigenvalue weighted by molar-refractivity contribution is 9.10. The van der Waals surface area contributed by atoms with E-state index in [2.05, 4.69) is 15.9 Å². The molecular formula is C14H18BrFO4S. The fourth-order valence-electron chi connectivity index (χ4n) is 1.42. The molecule has 0 aromatic heterocycles. The molecule has 0 bridgehead atoms. The van der Waals surface area contributed by atoms with Crippen LogP contribution in [0.4, 0.5) is 4.39 Å².